The molecule has 1 aliphatic rings. The summed E-state index contributed by atoms with van der Waals surface area (Å²) in [5.41, 5.74) is 0.951. The van der Waals surface area contributed by atoms with E-state index in [9.17, 15) is 8.42 Å². The minimum absolute atomic E-state index is 0.0208. The molecule has 1 aliphatic heterocycles. The molecule has 2 N–H and O–H groups in total. The third kappa shape index (κ3) is 5.84. The fraction of sp³-hybridized carbons (Fsp3) is 0.600. The summed E-state index contributed by atoms with van der Waals surface area (Å²) in [5.74, 6) is 0.100. The summed E-state index contributed by atoms with van der Waals surface area (Å²) in [6, 6.07) is 5.47. The van der Waals surface area contributed by atoms with Crippen LogP contribution in [-0.4, -0.2) is 40.5 Å². The Morgan fingerprint density at radius 3 is 2.88 bits per heavy atom. The smallest absolute Gasteiger partial charge is 0.233 e. The molecule has 1 aromatic carbocycles. The van der Waals surface area contributed by atoms with Gasteiger partial charge in [0.2, 0.25) is 10.0 Å². The van der Waals surface area contributed by atoms with Crippen LogP contribution < -0.4 is 10.2 Å². The Morgan fingerprint density at radius 2 is 2.17 bits per heavy atom. The van der Waals surface area contributed by atoms with E-state index in [0.717, 1.165) is 18.7 Å². The molecule has 0 spiro atoms. The highest BCUT2D eigenvalue weighted by atomic mass is 35.5. The van der Waals surface area contributed by atoms with Gasteiger partial charge in [-0.3, -0.25) is 4.84 Å². The zero-order valence-electron chi connectivity index (χ0n) is 13.4. The highest BCUT2D eigenvalue weighted by molar-refractivity contribution is 7.89. The summed E-state index contributed by atoms with van der Waals surface area (Å²) in [4.78, 5) is 7.20. The highest BCUT2D eigenvalue weighted by Gasteiger charge is 2.26. The second-order valence-electron chi connectivity index (χ2n) is 5.55. The molecule has 2 atom stereocenters. The Hall–Kier alpha value is -0.410. The van der Waals surface area contributed by atoms with Crippen molar-refractivity contribution in [1.29, 1.82) is 0 Å². The zero-order chi connectivity index (χ0) is 17.6. The average molecular weight is 397 g/mol. The fourth-order valence-electron chi connectivity index (χ4n) is 2.50. The largest absolute Gasteiger partial charge is 0.372 e. The monoisotopic (exact) mass is 396 g/mol. The number of ether oxygens (including phenoxy) is 1. The number of nitrogens with one attached hydrogen (secondary N) is 2. The van der Waals surface area contributed by atoms with Gasteiger partial charge in [-0.1, -0.05) is 34.2 Å². The van der Waals surface area contributed by atoms with Crippen LogP contribution in [0.25, 0.3) is 0 Å². The van der Waals surface area contributed by atoms with Crippen molar-refractivity contribution in [2.75, 3.05) is 32.1 Å². The van der Waals surface area contributed by atoms with E-state index >= 15 is 0 Å². The number of halogens is 2. The molecule has 0 aromatic heterocycles. The van der Waals surface area contributed by atoms with Gasteiger partial charge in [-0.2, -0.15) is 0 Å². The second-order valence-corrected chi connectivity index (χ2v) is 8.34. The zero-order valence-corrected chi connectivity index (χ0v) is 15.8. The first-order chi connectivity index (χ1) is 11.4. The molecule has 1 heterocycles. The maximum absolute atomic E-state index is 11.4. The van der Waals surface area contributed by atoms with Crippen LogP contribution in [0, 0.1) is 5.92 Å². The van der Waals surface area contributed by atoms with Crippen LogP contribution in [0.4, 0.5) is 0 Å². The first-order valence-corrected chi connectivity index (χ1v) is 10.2. The first kappa shape index (κ1) is 19.9. The van der Waals surface area contributed by atoms with E-state index in [1.165, 1.54) is 0 Å². The van der Waals surface area contributed by atoms with Crippen LogP contribution in [0.2, 0.25) is 10.0 Å². The number of rotatable bonds is 7. The highest BCUT2D eigenvalue weighted by Crippen LogP contribution is 2.33. The van der Waals surface area contributed by atoms with Gasteiger partial charge in [-0.05, 0) is 31.0 Å². The molecule has 6 nitrogen and oxygen atoms in total. The Morgan fingerprint density at radius 1 is 1.38 bits per heavy atom. The maximum Gasteiger partial charge on any atom is 0.233 e. The first-order valence-electron chi connectivity index (χ1n) is 7.81. The van der Waals surface area contributed by atoms with E-state index in [4.69, 9.17) is 32.8 Å². The molecule has 2 rings (SSSR count). The normalized spacial score (nSPS) is 22.3. The van der Waals surface area contributed by atoms with Gasteiger partial charge in [0, 0.05) is 19.0 Å². The molecule has 1 fully saturated rings. The van der Waals surface area contributed by atoms with Crippen molar-refractivity contribution >= 4 is 33.2 Å². The predicted octanol–water partition coefficient (Wildman–Crippen LogP) is 2.53. The summed E-state index contributed by atoms with van der Waals surface area (Å²) in [6.45, 7) is 3.90. The molecule has 0 bridgehead atoms. The van der Waals surface area contributed by atoms with Gasteiger partial charge in [0.15, 0.2) is 0 Å². The number of benzene rings is 1. The van der Waals surface area contributed by atoms with Crippen molar-refractivity contribution in [3.05, 3.63) is 33.8 Å². The molecule has 136 valence electrons. The lowest BCUT2D eigenvalue weighted by Gasteiger charge is -2.25. The lowest BCUT2D eigenvalue weighted by Crippen LogP contribution is -2.29. The quantitative estimate of drug-likeness (QED) is 0.546. The van der Waals surface area contributed by atoms with E-state index in [2.05, 4.69) is 10.2 Å². The van der Waals surface area contributed by atoms with E-state index in [1.807, 2.05) is 12.1 Å². The number of sulfonamides is 1. The van der Waals surface area contributed by atoms with Gasteiger partial charge in [0.25, 0.3) is 0 Å². The topological polar surface area (TPSA) is 76.7 Å². The van der Waals surface area contributed by atoms with Crippen molar-refractivity contribution in [2.24, 2.45) is 5.92 Å². The van der Waals surface area contributed by atoms with E-state index in [0.29, 0.717) is 23.1 Å². The van der Waals surface area contributed by atoms with Crippen molar-refractivity contribution in [3.8, 4) is 0 Å². The Bertz CT molecular complexity index is 642. The molecule has 0 radical (unpaired) electrons. The average Bonchev–Trinajstić information content (AvgIpc) is 2.80. The standard InChI is InChI=1S/C15H22Cl2N2O4S/c1-2-24(20,21)19-23-7-5-12-10-18-6-8-22-15(12)11-3-4-13(16)14(17)9-11/h3-4,9,12,15,18-19H,2,5-8,10H2,1H3/t12-,15-/m0/s1. The summed E-state index contributed by atoms with van der Waals surface area (Å²) < 4.78 is 28.7. The molecule has 1 aromatic rings. The Labute approximate surface area is 152 Å². The fourth-order valence-corrected chi connectivity index (χ4v) is 3.19. The van der Waals surface area contributed by atoms with Crippen LogP contribution in [0.3, 0.4) is 0 Å². The van der Waals surface area contributed by atoms with E-state index in [1.54, 1.807) is 13.0 Å². The lowest BCUT2D eigenvalue weighted by molar-refractivity contribution is 0.0102. The van der Waals surface area contributed by atoms with Crippen LogP contribution in [0.1, 0.15) is 25.0 Å². The minimum atomic E-state index is -3.36. The molecule has 0 aliphatic carbocycles. The van der Waals surface area contributed by atoms with E-state index < -0.39 is 10.0 Å². The van der Waals surface area contributed by atoms with Crippen LogP contribution >= 0.6 is 23.2 Å². The van der Waals surface area contributed by atoms with Crippen molar-refractivity contribution in [2.45, 2.75) is 19.4 Å². The third-order valence-corrected chi connectivity index (χ3v) is 5.71. The van der Waals surface area contributed by atoms with Gasteiger partial charge in [-0.15, -0.1) is 0 Å². The minimum Gasteiger partial charge on any atom is -0.372 e. The molecule has 9 heteroatoms. The van der Waals surface area contributed by atoms with Crippen molar-refractivity contribution in [3.63, 3.8) is 0 Å². The molecule has 1 saturated heterocycles. The van der Waals surface area contributed by atoms with Gasteiger partial charge in [-0.25, -0.2) is 8.42 Å². The van der Waals surface area contributed by atoms with Gasteiger partial charge >= 0.3 is 0 Å². The predicted molar refractivity (Wildman–Crippen MR) is 94.7 cm³/mol. The third-order valence-electron chi connectivity index (χ3n) is 3.84. The van der Waals surface area contributed by atoms with Crippen molar-refractivity contribution in [1.82, 2.24) is 10.2 Å². The SMILES string of the molecule is CCS(=O)(=O)NOCC[C@H]1CNCCO[C@H]1c1ccc(Cl)c(Cl)c1. The molecule has 0 saturated carbocycles. The van der Waals surface area contributed by atoms with E-state index in [-0.39, 0.29) is 24.4 Å². The molecular formula is C15H22Cl2N2O4S. The summed E-state index contributed by atoms with van der Waals surface area (Å²) in [5, 5.41) is 4.30. The maximum atomic E-state index is 11.4. The second kappa shape index (κ2) is 9.33. The Kier molecular flexibility index (Phi) is 7.74. The van der Waals surface area contributed by atoms with Crippen LogP contribution in [-0.2, 0) is 19.6 Å². The number of hydrogen-bond acceptors (Lipinski definition) is 5. The van der Waals surface area contributed by atoms with Crippen LogP contribution in [0.5, 0.6) is 0 Å². The van der Waals surface area contributed by atoms with Gasteiger partial charge < -0.3 is 10.1 Å². The number of hydrogen-bond donors (Lipinski definition) is 2. The summed E-state index contributed by atoms with van der Waals surface area (Å²) in [7, 11) is -3.36. The van der Waals surface area contributed by atoms with Gasteiger partial charge in [0.05, 0.1) is 35.1 Å². The van der Waals surface area contributed by atoms with Crippen LogP contribution in [0.15, 0.2) is 18.2 Å². The Balaban J connectivity index is 2.00. The molecule has 0 amide bonds. The molecule has 0 unspecified atom stereocenters. The molecular weight excluding hydrogens is 375 g/mol. The summed E-state index contributed by atoms with van der Waals surface area (Å²) >= 11 is 12.1. The van der Waals surface area contributed by atoms with Crippen molar-refractivity contribution < 1.29 is 18.0 Å². The lowest BCUT2D eigenvalue weighted by atomic mass is 9.93. The molecule has 24 heavy (non-hydrogen) atoms. The van der Waals surface area contributed by atoms with Gasteiger partial charge in [0.1, 0.15) is 0 Å². The summed E-state index contributed by atoms with van der Waals surface area (Å²) in [6.07, 6.45) is 0.477.